The lowest BCUT2D eigenvalue weighted by atomic mass is 9.84. The minimum atomic E-state index is -4.92. The van der Waals surface area contributed by atoms with Gasteiger partial charge in [-0.25, -0.2) is 18.4 Å². The minimum Gasteiger partial charge on any atom is -0.457 e. The van der Waals surface area contributed by atoms with Gasteiger partial charge in [0.15, 0.2) is 0 Å². The fourth-order valence-corrected chi connectivity index (χ4v) is 3.66. The first kappa shape index (κ1) is 23.4. The SMILES string of the molecule is CC(O)(Cn1cncn1)c1ccc(Oc2ccc(F)cc2)c(C(F)(F)F)c1-c1ccc(F)cc1. The summed E-state index contributed by atoms with van der Waals surface area (Å²) in [5, 5.41) is 15.2. The molecule has 5 nitrogen and oxygen atoms in total. The number of hydrogen-bond acceptors (Lipinski definition) is 4. The Hall–Kier alpha value is -3.79. The smallest absolute Gasteiger partial charge is 0.420 e. The molecule has 1 heterocycles. The van der Waals surface area contributed by atoms with Crippen molar-refractivity contribution in [2.75, 3.05) is 0 Å². The van der Waals surface area contributed by atoms with Crippen molar-refractivity contribution < 1.29 is 31.8 Å². The van der Waals surface area contributed by atoms with E-state index in [0.29, 0.717) is 0 Å². The number of nitrogens with zero attached hydrogens (tertiary/aromatic N) is 3. The van der Waals surface area contributed by atoms with Gasteiger partial charge >= 0.3 is 6.18 Å². The molecule has 1 atom stereocenters. The van der Waals surface area contributed by atoms with Crippen LogP contribution in [0.1, 0.15) is 18.1 Å². The zero-order valence-corrected chi connectivity index (χ0v) is 17.7. The summed E-state index contributed by atoms with van der Waals surface area (Å²) >= 11 is 0. The van der Waals surface area contributed by atoms with Crippen molar-refractivity contribution >= 4 is 0 Å². The lowest BCUT2D eigenvalue weighted by Crippen LogP contribution is -2.30. The molecule has 1 unspecified atom stereocenters. The summed E-state index contributed by atoms with van der Waals surface area (Å²) in [5.41, 5.74) is -3.43. The zero-order chi connectivity index (χ0) is 24.5. The Balaban J connectivity index is 1.94. The number of ether oxygens (including phenoxy) is 1. The van der Waals surface area contributed by atoms with E-state index in [0.717, 1.165) is 30.3 Å². The summed E-state index contributed by atoms with van der Waals surface area (Å²) in [7, 11) is 0. The molecule has 4 rings (SSSR count). The van der Waals surface area contributed by atoms with Gasteiger partial charge in [0, 0.05) is 5.56 Å². The summed E-state index contributed by atoms with van der Waals surface area (Å²) in [6, 6.07) is 11.3. The van der Waals surface area contributed by atoms with Crippen molar-refractivity contribution in [3.05, 3.63) is 96.1 Å². The highest BCUT2D eigenvalue weighted by molar-refractivity contribution is 5.76. The van der Waals surface area contributed by atoms with E-state index < -0.39 is 34.7 Å². The molecule has 0 saturated carbocycles. The third-order valence-electron chi connectivity index (χ3n) is 5.14. The highest BCUT2D eigenvalue weighted by Gasteiger charge is 2.41. The molecule has 0 aliphatic heterocycles. The lowest BCUT2D eigenvalue weighted by molar-refractivity contribution is -0.138. The standard InChI is InChI=1S/C24H18F5N3O2/c1-23(33,12-32-14-30-13-31-32)19-10-11-20(34-18-8-6-17(26)7-9-18)22(24(27,28)29)21(19)15-2-4-16(25)5-3-15/h2-11,13-14,33H,12H2,1H3. The van der Waals surface area contributed by atoms with Crippen molar-refractivity contribution in [3.63, 3.8) is 0 Å². The molecule has 0 aliphatic carbocycles. The van der Waals surface area contributed by atoms with Crippen molar-refractivity contribution in [3.8, 4) is 22.6 Å². The number of benzene rings is 3. The molecule has 0 fully saturated rings. The fraction of sp³-hybridized carbons (Fsp3) is 0.167. The number of aliphatic hydroxyl groups is 1. The van der Waals surface area contributed by atoms with Gasteiger partial charge in [-0.1, -0.05) is 18.2 Å². The maximum absolute atomic E-state index is 14.5. The number of aromatic nitrogens is 3. The molecule has 1 aromatic heterocycles. The average Bonchev–Trinajstić information content (AvgIpc) is 3.27. The zero-order valence-electron chi connectivity index (χ0n) is 17.7. The molecular weight excluding hydrogens is 457 g/mol. The Labute approximate surface area is 191 Å². The predicted molar refractivity (Wildman–Crippen MR) is 113 cm³/mol. The van der Waals surface area contributed by atoms with Crippen LogP contribution in [0.5, 0.6) is 11.5 Å². The summed E-state index contributed by atoms with van der Waals surface area (Å²) in [4.78, 5) is 3.79. The summed E-state index contributed by atoms with van der Waals surface area (Å²) in [6.07, 6.45) is -2.36. The Morgan fingerprint density at radius 1 is 0.912 bits per heavy atom. The van der Waals surface area contributed by atoms with Crippen LogP contribution in [0.3, 0.4) is 0 Å². The van der Waals surface area contributed by atoms with Crippen LogP contribution in [-0.4, -0.2) is 19.9 Å². The van der Waals surface area contributed by atoms with E-state index in [1.165, 1.54) is 54.6 Å². The van der Waals surface area contributed by atoms with Crippen LogP contribution in [0.2, 0.25) is 0 Å². The molecule has 0 amide bonds. The van der Waals surface area contributed by atoms with E-state index >= 15 is 0 Å². The van der Waals surface area contributed by atoms with E-state index in [9.17, 15) is 27.1 Å². The highest BCUT2D eigenvalue weighted by atomic mass is 19.4. The number of alkyl halides is 3. The van der Waals surface area contributed by atoms with Crippen LogP contribution < -0.4 is 4.74 Å². The second-order valence-electron chi connectivity index (χ2n) is 7.79. The Bertz CT molecular complexity index is 1270. The number of hydrogen-bond donors (Lipinski definition) is 1. The van der Waals surface area contributed by atoms with E-state index in [4.69, 9.17) is 4.74 Å². The molecule has 3 aromatic carbocycles. The van der Waals surface area contributed by atoms with Gasteiger partial charge in [0.2, 0.25) is 0 Å². The number of rotatable bonds is 6. The summed E-state index contributed by atoms with van der Waals surface area (Å²) < 4.78 is 77.0. The normalized spacial score (nSPS) is 13.5. The van der Waals surface area contributed by atoms with Gasteiger partial charge < -0.3 is 9.84 Å². The van der Waals surface area contributed by atoms with Crippen molar-refractivity contribution in [1.29, 1.82) is 0 Å². The lowest BCUT2D eigenvalue weighted by Gasteiger charge is -2.29. The third-order valence-corrected chi connectivity index (χ3v) is 5.14. The second kappa shape index (κ2) is 8.86. The van der Waals surface area contributed by atoms with Gasteiger partial charge in [0.1, 0.15) is 47.0 Å². The van der Waals surface area contributed by atoms with Crippen LogP contribution in [0.15, 0.2) is 73.3 Å². The van der Waals surface area contributed by atoms with Crippen molar-refractivity contribution in [1.82, 2.24) is 14.8 Å². The largest absolute Gasteiger partial charge is 0.457 e. The monoisotopic (exact) mass is 475 g/mol. The Kier molecular flexibility index (Phi) is 6.09. The Morgan fingerprint density at radius 2 is 1.53 bits per heavy atom. The first-order valence-electron chi connectivity index (χ1n) is 10.0. The molecule has 0 radical (unpaired) electrons. The molecule has 176 valence electrons. The fourth-order valence-electron chi connectivity index (χ4n) is 3.66. The van der Waals surface area contributed by atoms with Crippen LogP contribution in [0.25, 0.3) is 11.1 Å². The molecule has 0 aliphatic rings. The Morgan fingerprint density at radius 3 is 2.09 bits per heavy atom. The van der Waals surface area contributed by atoms with Gasteiger partial charge in [-0.3, -0.25) is 0 Å². The second-order valence-corrected chi connectivity index (χ2v) is 7.79. The van der Waals surface area contributed by atoms with Gasteiger partial charge in [-0.15, -0.1) is 0 Å². The first-order valence-corrected chi connectivity index (χ1v) is 10.0. The van der Waals surface area contributed by atoms with Crippen LogP contribution in [0.4, 0.5) is 22.0 Å². The molecule has 34 heavy (non-hydrogen) atoms. The molecular formula is C24H18F5N3O2. The molecule has 0 saturated heterocycles. The third kappa shape index (κ3) is 4.91. The molecule has 4 aromatic rings. The maximum atomic E-state index is 14.5. The molecule has 10 heteroatoms. The summed E-state index contributed by atoms with van der Waals surface area (Å²) in [5.74, 6) is -1.78. The van der Waals surface area contributed by atoms with Crippen LogP contribution in [0, 0.1) is 11.6 Å². The molecule has 0 spiro atoms. The topological polar surface area (TPSA) is 60.2 Å². The van der Waals surface area contributed by atoms with E-state index in [1.54, 1.807) is 0 Å². The van der Waals surface area contributed by atoms with Crippen molar-refractivity contribution in [2.45, 2.75) is 25.2 Å². The van der Waals surface area contributed by atoms with Gasteiger partial charge in [-0.2, -0.15) is 18.3 Å². The first-order chi connectivity index (χ1) is 16.0. The summed E-state index contributed by atoms with van der Waals surface area (Å²) in [6.45, 7) is 1.15. The van der Waals surface area contributed by atoms with E-state index in [2.05, 4.69) is 10.1 Å². The average molecular weight is 475 g/mol. The van der Waals surface area contributed by atoms with E-state index in [-0.39, 0.29) is 29.0 Å². The van der Waals surface area contributed by atoms with Crippen molar-refractivity contribution in [2.24, 2.45) is 0 Å². The highest BCUT2D eigenvalue weighted by Crippen LogP contribution is 2.48. The quantitative estimate of drug-likeness (QED) is 0.351. The van der Waals surface area contributed by atoms with Gasteiger partial charge in [0.05, 0.1) is 6.54 Å². The molecule has 0 bridgehead atoms. The maximum Gasteiger partial charge on any atom is 0.420 e. The molecule has 1 N–H and O–H groups in total. The van der Waals surface area contributed by atoms with Gasteiger partial charge in [0.25, 0.3) is 0 Å². The van der Waals surface area contributed by atoms with E-state index in [1.807, 2.05) is 0 Å². The van der Waals surface area contributed by atoms with Crippen LogP contribution >= 0.6 is 0 Å². The number of halogens is 5. The minimum absolute atomic E-state index is 0.0147. The van der Waals surface area contributed by atoms with Crippen LogP contribution in [-0.2, 0) is 18.3 Å². The van der Waals surface area contributed by atoms with Gasteiger partial charge in [-0.05, 0) is 60.5 Å². The predicted octanol–water partition coefficient (Wildman–Crippen LogP) is 5.94.